The first-order chi connectivity index (χ1) is 20.2. The van der Waals surface area contributed by atoms with Crippen LogP contribution in [0.1, 0.15) is 68.2 Å². The number of aryl methyl sites for hydroxylation is 2. The summed E-state index contributed by atoms with van der Waals surface area (Å²) in [5.41, 5.74) is 3.02. The Balaban J connectivity index is 1.66. The predicted molar refractivity (Wildman–Crippen MR) is 169 cm³/mol. The van der Waals surface area contributed by atoms with Gasteiger partial charge in [-0.15, -0.1) is 0 Å². The fraction of sp³-hybridized carbons (Fsp3) is 0.452. The number of fused-ring (bicyclic) bond motifs is 1. The number of rotatable bonds is 15. The van der Waals surface area contributed by atoms with Gasteiger partial charge in [0.1, 0.15) is 11.3 Å². The number of anilines is 1. The highest BCUT2D eigenvalue weighted by Gasteiger charge is 2.26. The largest absolute Gasteiger partial charge is 0.492 e. The third-order valence-corrected chi connectivity index (χ3v) is 10.0. The number of thiazole rings is 1. The number of benzene rings is 2. The first kappa shape index (κ1) is 31.7. The average molecular weight is 612 g/mol. The van der Waals surface area contributed by atoms with E-state index in [1.165, 1.54) is 23.5 Å². The van der Waals surface area contributed by atoms with Gasteiger partial charge in [-0.3, -0.25) is 14.4 Å². The minimum Gasteiger partial charge on any atom is -0.492 e. The molecule has 0 unspecified atom stereocenters. The van der Waals surface area contributed by atoms with Gasteiger partial charge in [-0.05, 0) is 76.1 Å². The molecule has 0 saturated heterocycles. The summed E-state index contributed by atoms with van der Waals surface area (Å²) in [5.74, 6) is 0.417. The molecule has 0 aliphatic rings. The Bertz CT molecular complexity index is 1590. The maximum absolute atomic E-state index is 14.0. The van der Waals surface area contributed by atoms with E-state index in [2.05, 4.69) is 18.9 Å². The highest BCUT2D eigenvalue weighted by Crippen LogP contribution is 2.35. The summed E-state index contributed by atoms with van der Waals surface area (Å²) >= 11 is 1.42. The summed E-state index contributed by atoms with van der Waals surface area (Å²) in [7, 11) is -3.66. The molecule has 4 aromatic rings. The number of hydrogen-bond acceptors (Lipinski definition) is 7. The molecule has 4 rings (SSSR count). The molecule has 0 fully saturated rings. The monoisotopic (exact) mass is 611 g/mol. The fourth-order valence-electron chi connectivity index (χ4n) is 4.77. The van der Waals surface area contributed by atoms with Gasteiger partial charge < -0.3 is 4.74 Å². The smallest absolute Gasteiger partial charge is 0.260 e. The van der Waals surface area contributed by atoms with Crippen LogP contribution >= 0.6 is 11.3 Å². The second-order valence-corrected chi connectivity index (χ2v) is 13.2. The van der Waals surface area contributed by atoms with Crippen molar-refractivity contribution in [2.75, 3.05) is 31.1 Å². The van der Waals surface area contributed by atoms with Crippen LogP contribution in [0, 0.1) is 13.8 Å². The van der Waals surface area contributed by atoms with Crippen LogP contribution in [0.5, 0.6) is 5.75 Å². The van der Waals surface area contributed by atoms with Crippen molar-refractivity contribution in [3.8, 4) is 5.75 Å². The molecule has 0 atom stereocenters. The first-order valence-electron chi connectivity index (χ1n) is 14.6. The Hall–Kier alpha value is -3.28. The molecule has 226 valence electrons. The van der Waals surface area contributed by atoms with Gasteiger partial charge in [-0.1, -0.05) is 44.1 Å². The topological polar surface area (TPSA) is 97.6 Å². The third kappa shape index (κ3) is 7.19. The van der Waals surface area contributed by atoms with Crippen LogP contribution in [0.4, 0.5) is 5.13 Å². The van der Waals surface area contributed by atoms with E-state index in [4.69, 9.17) is 9.72 Å². The van der Waals surface area contributed by atoms with E-state index in [0.29, 0.717) is 54.7 Å². The minimum atomic E-state index is -3.66. The zero-order chi connectivity index (χ0) is 30.3. The SMILES string of the molecule is CCCCN(CCCC)S(=O)(=O)c1ccc(C(=O)N(CCn2nc(C)cc2C)c2nc3c(OCC)cccc3s2)cc1. The molecule has 0 aliphatic carbocycles. The molecule has 0 N–H and O–H groups in total. The Morgan fingerprint density at radius 2 is 1.67 bits per heavy atom. The lowest BCUT2D eigenvalue weighted by Gasteiger charge is -2.23. The van der Waals surface area contributed by atoms with E-state index in [0.717, 1.165) is 41.8 Å². The number of sulfonamides is 1. The maximum atomic E-state index is 14.0. The Morgan fingerprint density at radius 3 is 2.26 bits per heavy atom. The molecular formula is C31H41N5O4S2. The summed E-state index contributed by atoms with van der Waals surface area (Å²) in [5, 5.41) is 5.10. The fourth-order valence-corrected chi connectivity index (χ4v) is 7.30. The van der Waals surface area contributed by atoms with E-state index in [9.17, 15) is 13.2 Å². The number of ether oxygens (including phenoxy) is 1. The normalized spacial score (nSPS) is 11.9. The number of carbonyl (C=O) groups is 1. The van der Waals surface area contributed by atoms with Crippen LogP contribution in [0.15, 0.2) is 53.4 Å². The highest BCUT2D eigenvalue weighted by molar-refractivity contribution is 7.89. The van der Waals surface area contributed by atoms with Crippen molar-refractivity contribution in [2.24, 2.45) is 0 Å². The van der Waals surface area contributed by atoms with Gasteiger partial charge in [0.15, 0.2) is 5.13 Å². The zero-order valence-corrected chi connectivity index (χ0v) is 26.8. The van der Waals surface area contributed by atoms with Crippen molar-refractivity contribution in [2.45, 2.75) is 71.7 Å². The third-order valence-electron chi connectivity index (χ3n) is 7.05. The van der Waals surface area contributed by atoms with E-state index in [1.807, 2.05) is 49.7 Å². The van der Waals surface area contributed by atoms with Crippen molar-refractivity contribution in [3.05, 3.63) is 65.5 Å². The summed E-state index contributed by atoms with van der Waals surface area (Å²) in [4.78, 5) is 20.7. The lowest BCUT2D eigenvalue weighted by molar-refractivity contribution is 0.0985. The molecule has 0 radical (unpaired) electrons. The van der Waals surface area contributed by atoms with E-state index >= 15 is 0 Å². The molecule has 0 bridgehead atoms. The van der Waals surface area contributed by atoms with Gasteiger partial charge in [0.2, 0.25) is 10.0 Å². The quantitative estimate of drug-likeness (QED) is 0.153. The van der Waals surface area contributed by atoms with E-state index < -0.39 is 10.0 Å². The molecular weight excluding hydrogens is 571 g/mol. The lowest BCUT2D eigenvalue weighted by Crippen LogP contribution is -2.34. The van der Waals surface area contributed by atoms with Crippen molar-refractivity contribution in [3.63, 3.8) is 0 Å². The summed E-state index contributed by atoms with van der Waals surface area (Å²) in [6.45, 7) is 12.3. The van der Waals surface area contributed by atoms with E-state index in [1.54, 1.807) is 21.3 Å². The predicted octanol–water partition coefficient (Wildman–Crippen LogP) is 6.45. The van der Waals surface area contributed by atoms with Crippen LogP contribution < -0.4 is 9.64 Å². The zero-order valence-electron chi connectivity index (χ0n) is 25.2. The molecule has 2 aromatic heterocycles. The first-order valence-corrected chi connectivity index (χ1v) is 16.9. The van der Waals surface area contributed by atoms with Crippen molar-refractivity contribution in [1.29, 1.82) is 0 Å². The van der Waals surface area contributed by atoms with Crippen LogP contribution in [0.2, 0.25) is 0 Å². The average Bonchev–Trinajstić information content (AvgIpc) is 3.55. The second-order valence-electron chi connectivity index (χ2n) is 10.3. The molecule has 2 heterocycles. The number of carbonyl (C=O) groups excluding carboxylic acids is 1. The minimum absolute atomic E-state index is 0.196. The molecule has 11 heteroatoms. The lowest BCUT2D eigenvalue weighted by atomic mass is 10.2. The number of aromatic nitrogens is 3. The summed E-state index contributed by atoms with van der Waals surface area (Å²) < 4.78 is 37.1. The highest BCUT2D eigenvalue weighted by atomic mass is 32.2. The van der Waals surface area contributed by atoms with Gasteiger partial charge in [0, 0.05) is 30.9 Å². The molecule has 0 aliphatic heterocycles. The van der Waals surface area contributed by atoms with Gasteiger partial charge in [0.05, 0.1) is 28.4 Å². The van der Waals surface area contributed by atoms with Crippen LogP contribution in [-0.2, 0) is 16.6 Å². The molecule has 1 amide bonds. The Morgan fingerprint density at radius 1 is 0.976 bits per heavy atom. The molecule has 2 aromatic carbocycles. The van der Waals surface area contributed by atoms with Gasteiger partial charge >= 0.3 is 0 Å². The van der Waals surface area contributed by atoms with Gasteiger partial charge in [0.25, 0.3) is 5.91 Å². The van der Waals surface area contributed by atoms with Gasteiger partial charge in [-0.2, -0.15) is 9.40 Å². The number of para-hydroxylation sites is 1. The Labute approximate surface area is 253 Å². The summed E-state index contributed by atoms with van der Waals surface area (Å²) in [6.07, 6.45) is 3.43. The van der Waals surface area contributed by atoms with Crippen LogP contribution in [-0.4, -0.2) is 59.6 Å². The molecule has 9 nitrogen and oxygen atoms in total. The molecule has 42 heavy (non-hydrogen) atoms. The maximum Gasteiger partial charge on any atom is 0.260 e. The van der Waals surface area contributed by atoms with Crippen LogP contribution in [0.3, 0.4) is 0 Å². The molecule has 0 spiro atoms. The number of hydrogen-bond donors (Lipinski definition) is 0. The summed E-state index contributed by atoms with van der Waals surface area (Å²) in [6, 6.07) is 14.0. The molecule has 0 saturated carbocycles. The van der Waals surface area contributed by atoms with Gasteiger partial charge in [-0.25, -0.2) is 13.4 Å². The van der Waals surface area contributed by atoms with Crippen molar-refractivity contribution in [1.82, 2.24) is 19.1 Å². The Kier molecular flexibility index (Phi) is 10.7. The number of nitrogens with zero attached hydrogens (tertiary/aromatic N) is 5. The van der Waals surface area contributed by atoms with Crippen molar-refractivity contribution >= 4 is 42.6 Å². The second kappa shape index (κ2) is 14.3. The van der Waals surface area contributed by atoms with Crippen LogP contribution in [0.25, 0.3) is 10.2 Å². The standard InChI is InChI=1S/C31H41N5O4S2/c1-6-9-18-34(19-10-7-2)42(38,39)26-16-14-25(15-17-26)30(37)35(20-21-36-24(5)22-23(4)33-36)31-32-29-27(40-8-3)12-11-13-28(29)41-31/h11-17,22H,6-10,18-21H2,1-5H3. The number of unbranched alkanes of at least 4 members (excludes halogenated alkanes) is 2. The van der Waals surface area contributed by atoms with E-state index in [-0.39, 0.29) is 10.8 Å². The number of amides is 1. The van der Waals surface area contributed by atoms with Crippen molar-refractivity contribution < 1.29 is 17.9 Å².